The average molecular weight is 248 g/mol. The van der Waals surface area contributed by atoms with Crippen LogP contribution in [0, 0.1) is 6.92 Å². The van der Waals surface area contributed by atoms with Crippen molar-refractivity contribution in [3.8, 4) is 0 Å². The zero-order valence-corrected chi connectivity index (χ0v) is 11.0. The Morgan fingerprint density at radius 2 is 2.06 bits per heavy atom. The van der Waals surface area contributed by atoms with Gasteiger partial charge < -0.3 is 10.0 Å². The van der Waals surface area contributed by atoms with Crippen LogP contribution < -0.4 is 4.90 Å². The van der Waals surface area contributed by atoms with Crippen LogP contribution in [0.2, 0.25) is 0 Å². The molecule has 0 fully saturated rings. The molecule has 2 rings (SSSR count). The molecule has 1 aromatic carbocycles. The van der Waals surface area contributed by atoms with Crippen molar-refractivity contribution in [2.24, 2.45) is 0 Å². The standard InChI is InChI=1S/C13H16N2OS/c1-9-6-4-5-7-11(9)15(3)13-14-8-12(17-13)10(2)16/h4-8,10,16H,1-3H3. The summed E-state index contributed by atoms with van der Waals surface area (Å²) < 4.78 is 0. The third-order valence-electron chi connectivity index (χ3n) is 2.69. The van der Waals surface area contributed by atoms with Crippen molar-refractivity contribution in [1.82, 2.24) is 4.98 Å². The lowest BCUT2D eigenvalue weighted by Gasteiger charge is -2.18. The van der Waals surface area contributed by atoms with Gasteiger partial charge in [-0.25, -0.2) is 4.98 Å². The van der Waals surface area contributed by atoms with E-state index in [1.165, 1.54) is 16.9 Å². The monoisotopic (exact) mass is 248 g/mol. The number of benzene rings is 1. The summed E-state index contributed by atoms with van der Waals surface area (Å²) >= 11 is 1.52. The first kappa shape index (κ1) is 12.1. The molecule has 1 atom stereocenters. The van der Waals surface area contributed by atoms with Crippen LogP contribution in [0.1, 0.15) is 23.5 Å². The van der Waals surface area contributed by atoms with Crippen LogP contribution in [0.5, 0.6) is 0 Å². The summed E-state index contributed by atoms with van der Waals surface area (Å²) in [6.07, 6.45) is 1.28. The Kier molecular flexibility index (Phi) is 3.45. The maximum Gasteiger partial charge on any atom is 0.189 e. The van der Waals surface area contributed by atoms with E-state index in [0.29, 0.717) is 0 Å². The van der Waals surface area contributed by atoms with Gasteiger partial charge in [0.05, 0.1) is 11.0 Å². The van der Waals surface area contributed by atoms with E-state index in [4.69, 9.17) is 0 Å². The van der Waals surface area contributed by atoms with Gasteiger partial charge in [-0.05, 0) is 25.5 Å². The first-order chi connectivity index (χ1) is 8.09. The average Bonchev–Trinajstić information content (AvgIpc) is 2.78. The number of rotatable bonds is 3. The molecule has 0 spiro atoms. The molecule has 1 unspecified atom stereocenters. The molecule has 2 aromatic rings. The Balaban J connectivity index is 2.31. The number of aliphatic hydroxyl groups excluding tert-OH is 1. The highest BCUT2D eigenvalue weighted by molar-refractivity contribution is 7.15. The molecule has 4 heteroatoms. The molecule has 0 aliphatic carbocycles. The van der Waals surface area contributed by atoms with Crippen molar-refractivity contribution < 1.29 is 5.11 Å². The molecular formula is C13H16N2OS. The molecule has 0 bridgehead atoms. The maximum absolute atomic E-state index is 9.50. The van der Waals surface area contributed by atoms with E-state index in [-0.39, 0.29) is 0 Å². The van der Waals surface area contributed by atoms with Gasteiger partial charge in [-0.3, -0.25) is 0 Å². The van der Waals surface area contributed by atoms with Crippen LogP contribution in [-0.4, -0.2) is 17.1 Å². The summed E-state index contributed by atoms with van der Waals surface area (Å²) in [6.45, 7) is 3.83. The van der Waals surface area contributed by atoms with Crippen molar-refractivity contribution in [3.05, 3.63) is 40.9 Å². The van der Waals surface area contributed by atoms with Gasteiger partial charge in [0.1, 0.15) is 0 Å². The largest absolute Gasteiger partial charge is 0.388 e. The first-order valence-corrected chi connectivity index (χ1v) is 6.34. The van der Waals surface area contributed by atoms with Crippen molar-refractivity contribution in [2.45, 2.75) is 20.0 Å². The van der Waals surface area contributed by atoms with Gasteiger partial charge in [0, 0.05) is 18.9 Å². The molecule has 90 valence electrons. The lowest BCUT2D eigenvalue weighted by atomic mass is 10.2. The van der Waals surface area contributed by atoms with E-state index in [1.807, 2.05) is 24.1 Å². The molecule has 1 heterocycles. The Bertz CT molecular complexity index is 508. The van der Waals surface area contributed by atoms with Crippen molar-refractivity contribution in [3.63, 3.8) is 0 Å². The molecule has 0 aliphatic rings. The summed E-state index contributed by atoms with van der Waals surface area (Å²) in [6, 6.07) is 8.19. The lowest BCUT2D eigenvalue weighted by molar-refractivity contribution is 0.203. The molecule has 0 saturated heterocycles. The van der Waals surface area contributed by atoms with Gasteiger partial charge in [0.2, 0.25) is 0 Å². The highest BCUT2D eigenvalue weighted by atomic mass is 32.1. The molecule has 3 nitrogen and oxygen atoms in total. The molecule has 0 saturated carbocycles. The Labute approximate surface area is 105 Å². The highest BCUT2D eigenvalue weighted by Crippen LogP contribution is 2.32. The number of hydrogen-bond donors (Lipinski definition) is 1. The van der Waals surface area contributed by atoms with E-state index in [0.717, 1.165) is 15.7 Å². The number of hydrogen-bond acceptors (Lipinski definition) is 4. The number of nitrogens with zero attached hydrogens (tertiary/aromatic N) is 2. The van der Waals surface area contributed by atoms with Crippen LogP contribution in [0.15, 0.2) is 30.5 Å². The summed E-state index contributed by atoms with van der Waals surface area (Å²) in [4.78, 5) is 7.28. The van der Waals surface area contributed by atoms with Gasteiger partial charge >= 0.3 is 0 Å². The molecular weight excluding hydrogens is 232 g/mol. The number of aryl methyl sites for hydroxylation is 1. The fourth-order valence-corrected chi connectivity index (χ4v) is 2.50. The van der Waals surface area contributed by atoms with E-state index < -0.39 is 6.10 Å². The minimum absolute atomic E-state index is 0.452. The topological polar surface area (TPSA) is 36.4 Å². The number of aliphatic hydroxyl groups is 1. The summed E-state index contributed by atoms with van der Waals surface area (Å²) in [5.41, 5.74) is 2.35. The van der Waals surface area contributed by atoms with E-state index in [1.54, 1.807) is 13.1 Å². The summed E-state index contributed by atoms with van der Waals surface area (Å²) in [5.74, 6) is 0. The van der Waals surface area contributed by atoms with Crippen molar-refractivity contribution in [1.29, 1.82) is 0 Å². The lowest BCUT2D eigenvalue weighted by Crippen LogP contribution is -2.10. The van der Waals surface area contributed by atoms with Crippen LogP contribution in [0.4, 0.5) is 10.8 Å². The second kappa shape index (κ2) is 4.85. The predicted molar refractivity (Wildman–Crippen MR) is 72.0 cm³/mol. The van der Waals surface area contributed by atoms with Gasteiger partial charge in [-0.2, -0.15) is 0 Å². The molecule has 0 aliphatic heterocycles. The van der Waals surface area contributed by atoms with Crippen LogP contribution in [-0.2, 0) is 0 Å². The summed E-state index contributed by atoms with van der Waals surface area (Å²) in [5, 5.41) is 10.4. The third kappa shape index (κ3) is 2.48. The van der Waals surface area contributed by atoms with Crippen LogP contribution in [0.25, 0.3) is 0 Å². The zero-order valence-electron chi connectivity index (χ0n) is 10.2. The predicted octanol–water partition coefficient (Wildman–Crippen LogP) is 3.27. The van der Waals surface area contributed by atoms with Crippen LogP contribution in [0.3, 0.4) is 0 Å². The maximum atomic E-state index is 9.50. The second-order valence-electron chi connectivity index (χ2n) is 4.07. The highest BCUT2D eigenvalue weighted by Gasteiger charge is 2.12. The number of para-hydroxylation sites is 1. The molecule has 0 radical (unpaired) electrons. The minimum atomic E-state index is -0.452. The minimum Gasteiger partial charge on any atom is -0.388 e. The molecule has 1 aromatic heterocycles. The number of thiazole rings is 1. The third-order valence-corrected chi connectivity index (χ3v) is 3.93. The fraction of sp³-hybridized carbons (Fsp3) is 0.308. The van der Waals surface area contributed by atoms with E-state index in [9.17, 15) is 5.11 Å². The Morgan fingerprint density at radius 1 is 1.35 bits per heavy atom. The Morgan fingerprint density at radius 3 is 2.65 bits per heavy atom. The van der Waals surface area contributed by atoms with Gasteiger partial charge in [-0.1, -0.05) is 29.5 Å². The second-order valence-corrected chi connectivity index (χ2v) is 5.11. The van der Waals surface area contributed by atoms with Gasteiger partial charge in [0.15, 0.2) is 5.13 Å². The van der Waals surface area contributed by atoms with E-state index in [2.05, 4.69) is 24.0 Å². The summed E-state index contributed by atoms with van der Waals surface area (Å²) in [7, 11) is 1.99. The SMILES string of the molecule is Cc1ccccc1N(C)c1ncc(C(C)O)s1. The first-order valence-electron chi connectivity index (χ1n) is 5.52. The molecule has 17 heavy (non-hydrogen) atoms. The number of anilines is 2. The zero-order chi connectivity index (χ0) is 12.4. The van der Waals surface area contributed by atoms with Crippen LogP contribution >= 0.6 is 11.3 Å². The van der Waals surface area contributed by atoms with Gasteiger partial charge in [0.25, 0.3) is 0 Å². The normalized spacial score (nSPS) is 12.5. The Hall–Kier alpha value is -1.39. The number of aromatic nitrogens is 1. The van der Waals surface area contributed by atoms with Crippen molar-refractivity contribution in [2.75, 3.05) is 11.9 Å². The molecule has 1 N–H and O–H groups in total. The smallest absolute Gasteiger partial charge is 0.189 e. The van der Waals surface area contributed by atoms with E-state index >= 15 is 0 Å². The fourth-order valence-electron chi connectivity index (χ4n) is 1.67. The van der Waals surface area contributed by atoms with Crippen molar-refractivity contribution >= 4 is 22.2 Å². The quantitative estimate of drug-likeness (QED) is 0.905. The van der Waals surface area contributed by atoms with Gasteiger partial charge in [-0.15, -0.1) is 0 Å². The molecule has 0 amide bonds.